The number of carboxylic acids is 1. The minimum Gasteiger partial charge on any atom is -0.478 e. The van der Waals surface area contributed by atoms with E-state index in [1.807, 2.05) is 0 Å². The summed E-state index contributed by atoms with van der Waals surface area (Å²) in [4.78, 5) is 10.4. The molecule has 0 unspecified atom stereocenters. The largest absolute Gasteiger partial charge is 0.478 e. The molecule has 0 fully saturated rings. The Labute approximate surface area is 81.6 Å². The molecule has 0 aliphatic heterocycles. The van der Waals surface area contributed by atoms with Crippen molar-refractivity contribution in [2.45, 2.75) is 5.88 Å². The van der Waals surface area contributed by atoms with E-state index < -0.39 is 5.97 Å². The highest BCUT2D eigenvalue weighted by atomic mass is 35.5. The van der Waals surface area contributed by atoms with Gasteiger partial charge in [0.1, 0.15) is 0 Å². The first-order chi connectivity index (χ1) is 5.24. The Bertz CT molecular complexity index is 256. The van der Waals surface area contributed by atoms with E-state index in [2.05, 4.69) is 0 Å². The van der Waals surface area contributed by atoms with Crippen LogP contribution in [-0.4, -0.2) is 11.1 Å². The number of halogens is 2. The maximum absolute atomic E-state index is 10.4. The molecule has 0 bridgehead atoms. The zero-order chi connectivity index (χ0) is 8.27. The Kier molecular flexibility index (Phi) is 4.71. The van der Waals surface area contributed by atoms with Gasteiger partial charge in [0.25, 0.3) is 0 Å². The molecule has 0 spiro atoms. The number of benzene rings is 1. The lowest BCUT2D eigenvalue weighted by atomic mass is 10.1. The van der Waals surface area contributed by atoms with Gasteiger partial charge in [-0.15, -0.1) is 24.0 Å². The lowest BCUT2D eigenvalue weighted by molar-refractivity contribution is 0.0697. The first kappa shape index (κ1) is 11.3. The van der Waals surface area contributed by atoms with E-state index in [4.69, 9.17) is 16.7 Å². The van der Waals surface area contributed by atoms with Gasteiger partial charge >= 0.3 is 5.97 Å². The standard InChI is InChI=1S/C8H7ClO2.ClH/c9-5-6-1-3-7(4-2-6)8(10)11;/h1-4H,5H2,(H,10,11);1H. The van der Waals surface area contributed by atoms with Gasteiger partial charge in [0.05, 0.1) is 5.56 Å². The molecule has 66 valence electrons. The highest BCUT2D eigenvalue weighted by Crippen LogP contribution is 2.06. The summed E-state index contributed by atoms with van der Waals surface area (Å²) < 4.78 is 0. The molecule has 0 aromatic heterocycles. The molecule has 0 saturated heterocycles. The van der Waals surface area contributed by atoms with Gasteiger partial charge in [-0.05, 0) is 17.7 Å². The predicted molar refractivity (Wildman–Crippen MR) is 50.2 cm³/mol. The SMILES string of the molecule is Cl.O=C(O)c1ccc(CCl)cc1. The molecule has 0 amide bonds. The quantitative estimate of drug-likeness (QED) is 0.756. The minimum atomic E-state index is -0.911. The molecular formula is C8H8Cl2O2. The number of alkyl halides is 1. The van der Waals surface area contributed by atoms with Crippen LogP contribution in [-0.2, 0) is 5.88 Å². The summed E-state index contributed by atoms with van der Waals surface area (Å²) in [5.74, 6) is -0.494. The molecule has 0 heterocycles. The summed E-state index contributed by atoms with van der Waals surface area (Å²) in [6, 6.07) is 6.49. The zero-order valence-electron chi connectivity index (χ0n) is 6.16. The summed E-state index contributed by atoms with van der Waals surface area (Å²) >= 11 is 5.51. The molecule has 0 saturated carbocycles. The lowest BCUT2D eigenvalue weighted by Gasteiger charge is -1.95. The first-order valence-corrected chi connectivity index (χ1v) is 3.65. The summed E-state index contributed by atoms with van der Waals surface area (Å²) in [7, 11) is 0. The maximum Gasteiger partial charge on any atom is 0.335 e. The van der Waals surface area contributed by atoms with E-state index >= 15 is 0 Å². The number of hydrogen-bond acceptors (Lipinski definition) is 1. The van der Waals surface area contributed by atoms with Crippen molar-refractivity contribution in [3.05, 3.63) is 35.4 Å². The van der Waals surface area contributed by atoms with E-state index in [-0.39, 0.29) is 12.4 Å². The van der Waals surface area contributed by atoms with Gasteiger partial charge < -0.3 is 5.11 Å². The van der Waals surface area contributed by atoms with Gasteiger partial charge in [-0.2, -0.15) is 0 Å². The predicted octanol–water partition coefficient (Wildman–Crippen LogP) is 2.55. The Hall–Kier alpha value is -0.730. The van der Waals surface area contributed by atoms with E-state index in [0.717, 1.165) is 5.56 Å². The van der Waals surface area contributed by atoms with Crippen molar-refractivity contribution in [2.24, 2.45) is 0 Å². The van der Waals surface area contributed by atoms with Crippen LogP contribution in [0.15, 0.2) is 24.3 Å². The van der Waals surface area contributed by atoms with Crippen LogP contribution in [0.2, 0.25) is 0 Å². The number of rotatable bonds is 2. The molecule has 1 rings (SSSR count). The van der Waals surface area contributed by atoms with Crippen LogP contribution >= 0.6 is 24.0 Å². The number of carbonyl (C=O) groups is 1. The molecule has 0 radical (unpaired) electrons. The number of aromatic carboxylic acids is 1. The van der Waals surface area contributed by atoms with Crippen molar-refractivity contribution in [3.8, 4) is 0 Å². The van der Waals surface area contributed by atoms with Crippen LogP contribution in [0, 0.1) is 0 Å². The summed E-state index contributed by atoms with van der Waals surface area (Å²) in [5.41, 5.74) is 1.22. The maximum atomic E-state index is 10.4. The van der Waals surface area contributed by atoms with Crippen LogP contribution in [0.25, 0.3) is 0 Å². The van der Waals surface area contributed by atoms with Crippen LogP contribution < -0.4 is 0 Å². The average molecular weight is 207 g/mol. The fraction of sp³-hybridized carbons (Fsp3) is 0.125. The Morgan fingerprint density at radius 3 is 2.17 bits per heavy atom. The highest BCUT2D eigenvalue weighted by molar-refractivity contribution is 6.17. The third kappa shape index (κ3) is 2.72. The van der Waals surface area contributed by atoms with Gasteiger partial charge in [0.2, 0.25) is 0 Å². The summed E-state index contributed by atoms with van der Waals surface area (Å²) in [6.45, 7) is 0. The van der Waals surface area contributed by atoms with Crippen LogP contribution in [0.3, 0.4) is 0 Å². The molecule has 0 atom stereocenters. The fourth-order valence-corrected chi connectivity index (χ4v) is 0.915. The lowest BCUT2D eigenvalue weighted by Crippen LogP contribution is -1.95. The van der Waals surface area contributed by atoms with Crippen molar-refractivity contribution in [2.75, 3.05) is 0 Å². The number of hydrogen-bond donors (Lipinski definition) is 1. The molecule has 1 aromatic carbocycles. The van der Waals surface area contributed by atoms with E-state index in [0.29, 0.717) is 11.4 Å². The van der Waals surface area contributed by atoms with Crippen molar-refractivity contribution >= 4 is 30.0 Å². The Morgan fingerprint density at radius 1 is 1.33 bits per heavy atom. The summed E-state index contributed by atoms with van der Waals surface area (Å²) in [5, 5.41) is 8.52. The van der Waals surface area contributed by atoms with Crippen LogP contribution in [0.1, 0.15) is 15.9 Å². The Morgan fingerprint density at radius 2 is 1.83 bits per heavy atom. The van der Waals surface area contributed by atoms with E-state index in [1.165, 1.54) is 0 Å². The smallest absolute Gasteiger partial charge is 0.335 e. The fourth-order valence-electron chi connectivity index (χ4n) is 0.736. The van der Waals surface area contributed by atoms with E-state index in [9.17, 15) is 4.79 Å². The average Bonchev–Trinajstić information content (AvgIpc) is 2.05. The number of carboxylic acid groups (broad SMARTS) is 1. The second kappa shape index (κ2) is 5.01. The Balaban J connectivity index is 0.00000121. The van der Waals surface area contributed by atoms with Gasteiger partial charge in [0.15, 0.2) is 0 Å². The first-order valence-electron chi connectivity index (χ1n) is 3.12. The molecule has 0 aliphatic rings. The van der Waals surface area contributed by atoms with Crippen molar-refractivity contribution in [3.63, 3.8) is 0 Å². The van der Waals surface area contributed by atoms with Gasteiger partial charge in [-0.3, -0.25) is 0 Å². The second-order valence-electron chi connectivity index (χ2n) is 2.14. The third-order valence-electron chi connectivity index (χ3n) is 1.36. The summed E-state index contributed by atoms with van der Waals surface area (Å²) in [6.07, 6.45) is 0. The van der Waals surface area contributed by atoms with E-state index in [1.54, 1.807) is 24.3 Å². The van der Waals surface area contributed by atoms with Crippen LogP contribution in [0.4, 0.5) is 0 Å². The molecule has 12 heavy (non-hydrogen) atoms. The molecular weight excluding hydrogens is 199 g/mol. The minimum absolute atomic E-state index is 0. The third-order valence-corrected chi connectivity index (χ3v) is 1.66. The normalized spacial score (nSPS) is 8.75. The molecule has 1 N–H and O–H groups in total. The van der Waals surface area contributed by atoms with Crippen molar-refractivity contribution in [1.82, 2.24) is 0 Å². The molecule has 1 aromatic rings. The molecule has 0 aliphatic carbocycles. The zero-order valence-corrected chi connectivity index (χ0v) is 7.73. The van der Waals surface area contributed by atoms with Gasteiger partial charge in [-0.25, -0.2) is 4.79 Å². The van der Waals surface area contributed by atoms with Crippen molar-refractivity contribution in [1.29, 1.82) is 0 Å². The van der Waals surface area contributed by atoms with Crippen LogP contribution in [0.5, 0.6) is 0 Å². The molecule has 4 heteroatoms. The highest BCUT2D eigenvalue weighted by Gasteiger charge is 1.99. The monoisotopic (exact) mass is 206 g/mol. The van der Waals surface area contributed by atoms with Gasteiger partial charge in [0, 0.05) is 5.88 Å². The molecule has 2 nitrogen and oxygen atoms in total. The van der Waals surface area contributed by atoms with Gasteiger partial charge in [-0.1, -0.05) is 12.1 Å². The van der Waals surface area contributed by atoms with Crippen molar-refractivity contribution < 1.29 is 9.90 Å². The second-order valence-corrected chi connectivity index (χ2v) is 2.40. The topological polar surface area (TPSA) is 37.3 Å².